The van der Waals surface area contributed by atoms with Gasteiger partial charge in [0.2, 0.25) is 0 Å². The first-order valence-electron chi connectivity index (χ1n) is 7.36. The Hall–Kier alpha value is -1.88. The van der Waals surface area contributed by atoms with Crippen molar-refractivity contribution in [2.75, 3.05) is 7.11 Å². The van der Waals surface area contributed by atoms with Gasteiger partial charge in [0.25, 0.3) is 4.90 Å². The van der Waals surface area contributed by atoms with Crippen molar-refractivity contribution in [2.45, 2.75) is 0 Å². The summed E-state index contributed by atoms with van der Waals surface area (Å²) in [4.78, 5) is 0.0189. The van der Waals surface area contributed by atoms with Gasteiger partial charge in [-0.15, -0.1) is 0 Å². The van der Waals surface area contributed by atoms with Crippen molar-refractivity contribution >= 4 is 53.8 Å². The Balaban J connectivity index is 2.18. The fourth-order valence-electron chi connectivity index (χ4n) is 2.97. The van der Waals surface area contributed by atoms with Gasteiger partial charge in [0.05, 0.1) is 7.11 Å². The van der Waals surface area contributed by atoms with Gasteiger partial charge in [0.15, 0.2) is 21.0 Å². The summed E-state index contributed by atoms with van der Waals surface area (Å²) in [5.41, 5.74) is 0. The number of hydrogen-bond acceptors (Lipinski definition) is 1. The molecule has 0 bridgehead atoms. The first-order valence-corrected chi connectivity index (χ1v) is 9.34. The molecular weight excluding hydrogens is 385 g/mol. The third-order valence-electron chi connectivity index (χ3n) is 4.02. The fourth-order valence-corrected chi connectivity index (χ4v) is 5.68. The van der Waals surface area contributed by atoms with Crippen molar-refractivity contribution in [3.05, 3.63) is 70.2 Å². The maximum Gasteiger partial charge on any atom is 0.251 e. The lowest BCUT2D eigenvalue weighted by Gasteiger charge is -2.02. The number of fused-ring (bicyclic) bond motifs is 3. The Morgan fingerprint density at radius 1 is 0.800 bits per heavy atom. The van der Waals surface area contributed by atoms with Gasteiger partial charge in [-0.1, -0.05) is 23.2 Å². The zero-order chi connectivity index (χ0) is 17.7. The van der Waals surface area contributed by atoms with Crippen LogP contribution in [0.1, 0.15) is 0 Å². The SMILES string of the molecule is COc1cc(F)c(-[s+]2c3ccc(Cl)cc3c3cc(Cl)ccc32)c(F)c1. The minimum absolute atomic E-state index is 0.0189. The molecule has 0 unspecified atom stereocenters. The number of thiophene rings is 1. The van der Waals surface area contributed by atoms with Crippen LogP contribution in [0.25, 0.3) is 25.1 Å². The molecule has 0 N–H and O–H groups in total. The first-order chi connectivity index (χ1) is 12.0. The maximum absolute atomic E-state index is 14.7. The second kappa shape index (κ2) is 6.13. The number of halogens is 4. The number of methoxy groups -OCH3 is 1. The van der Waals surface area contributed by atoms with Crippen molar-refractivity contribution in [3.63, 3.8) is 0 Å². The molecule has 0 radical (unpaired) electrons. The number of rotatable bonds is 2. The van der Waals surface area contributed by atoms with Gasteiger partial charge in [-0.05, 0) is 24.3 Å². The Kier molecular flexibility index (Phi) is 4.07. The normalized spacial score (nSPS) is 11.4. The quantitative estimate of drug-likeness (QED) is 0.323. The van der Waals surface area contributed by atoms with Gasteiger partial charge < -0.3 is 4.74 Å². The van der Waals surface area contributed by atoms with Crippen molar-refractivity contribution in [2.24, 2.45) is 0 Å². The molecular formula is C19H11Cl2F2OS+. The minimum Gasteiger partial charge on any atom is -0.497 e. The van der Waals surface area contributed by atoms with Crippen LogP contribution in [0.3, 0.4) is 0 Å². The topological polar surface area (TPSA) is 9.23 Å². The molecule has 0 atom stereocenters. The molecule has 0 aliphatic carbocycles. The van der Waals surface area contributed by atoms with Crippen LogP contribution in [0.4, 0.5) is 8.78 Å². The monoisotopic (exact) mass is 395 g/mol. The molecule has 0 saturated carbocycles. The Morgan fingerprint density at radius 3 is 1.72 bits per heavy atom. The molecule has 1 heterocycles. The van der Waals surface area contributed by atoms with Crippen molar-refractivity contribution in [1.29, 1.82) is 0 Å². The highest BCUT2D eigenvalue weighted by Crippen LogP contribution is 2.51. The third kappa shape index (κ3) is 2.65. The summed E-state index contributed by atoms with van der Waals surface area (Å²) in [5.74, 6) is -1.12. The van der Waals surface area contributed by atoms with Gasteiger partial charge in [0.1, 0.15) is 5.75 Å². The Labute approximate surface area is 155 Å². The molecule has 0 saturated heterocycles. The molecule has 0 amide bonds. The van der Waals surface area contributed by atoms with Crippen LogP contribution >= 0.6 is 33.7 Å². The fraction of sp³-hybridized carbons (Fsp3) is 0.0526. The molecule has 3 aromatic carbocycles. The zero-order valence-corrected chi connectivity index (χ0v) is 15.3. The van der Waals surface area contributed by atoms with Gasteiger partial charge in [-0.2, -0.15) is 0 Å². The van der Waals surface area contributed by atoms with E-state index in [1.54, 1.807) is 24.3 Å². The van der Waals surface area contributed by atoms with Crippen LogP contribution in [-0.4, -0.2) is 7.11 Å². The van der Waals surface area contributed by atoms with E-state index in [-0.39, 0.29) is 10.6 Å². The second-order valence-electron chi connectivity index (χ2n) is 5.51. The third-order valence-corrected chi connectivity index (χ3v) is 6.88. The average molecular weight is 396 g/mol. The summed E-state index contributed by atoms with van der Waals surface area (Å²) in [6.45, 7) is 0. The molecule has 0 aliphatic heterocycles. The van der Waals surface area contributed by atoms with E-state index in [4.69, 9.17) is 27.9 Å². The summed E-state index contributed by atoms with van der Waals surface area (Å²) in [7, 11) is 0.462. The molecule has 25 heavy (non-hydrogen) atoms. The molecule has 1 nitrogen and oxygen atoms in total. The van der Waals surface area contributed by atoms with E-state index in [1.807, 2.05) is 12.1 Å². The van der Waals surface area contributed by atoms with Crippen LogP contribution in [0.2, 0.25) is 10.0 Å². The lowest BCUT2D eigenvalue weighted by molar-refractivity contribution is 0.407. The molecule has 0 spiro atoms. The predicted octanol–water partition coefficient (Wildman–Crippen LogP) is 7.32. The number of ether oxygens (including phenoxy) is 1. The van der Waals surface area contributed by atoms with E-state index in [0.717, 1.165) is 20.2 Å². The summed E-state index contributed by atoms with van der Waals surface area (Å²) in [6.07, 6.45) is 0. The lowest BCUT2D eigenvalue weighted by Crippen LogP contribution is -1.90. The summed E-state index contributed by atoms with van der Waals surface area (Å²) in [5, 5.41) is 2.82. The smallest absolute Gasteiger partial charge is 0.251 e. The molecule has 4 aromatic rings. The summed E-state index contributed by atoms with van der Waals surface area (Å²) in [6, 6.07) is 13.1. The minimum atomic E-state index is -0.913. The highest BCUT2D eigenvalue weighted by molar-refractivity contribution is 7.50. The molecule has 0 fully saturated rings. The standard InChI is InChI=1S/C19H11Cl2F2OS/c1-24-12-8-15(22)19(16(23)9-12)25-17-4-2-10(20)6-13(17)14-7-11(21)3-5-18(14)25/h2-9H,1H3/q+1. The lowest BCUT2D eigenvalue weighted by atomic mass is 10.1. The van der Waals surface area contributed by atoms with Crippen LogP contribution in [0.15, 0.2) is 48.5 Å². The van der Waals surface area contributed by atoms with Gasteiger partial charge in [-0.3, -0.25) is 0 Å². The van der Waals surface area contributed by atoms with Crippen molar-refractivity contribution in [1.82, 2.24) is 0 Å². The number of benzene rings is 3. The first kappa shape index (κ1) is 16.6. The van der Waals surface area contributed by atoms with Gasteiger partial charge in [-0.25, -0.2) is 8.78 Å². The molecule has 126 valence electrons. The van der Waals surface area contributed by atoms with Crippen molar-refractivity contribution in [3.8, 4) is 10.6 Å². The van der Waals surface area contributed by atoms with Crippen LogP contribution in [0.5, 0.6) is 5.75 Å². The highest BCUT2D eigenvalue weighted by Gasteiger charge is 2.30. The van der Waals surface area contributed by atoms with Gasteiger partial charge >= 0.3 is 0 Å². The van der Waals surface area contributed by atoms with Crippen LogP contribution in [0, 0.1) is 11.6 Å². The van der Waals surface area contributed by atoms with Crippen molar-refractivity contribution < 1.29 is 13.5 Å². The van der Waals surface area contributed by atoms with E-state index in [0.29, 0.717) is 10.0 Å². The van der Waals surface area contributed by atoms with E-state index < -0.39 is 22.1 Å². The largest absolute Gasteiger partial charge is 0.497 e. The zero-order valence-electron chi connectivity index (χ0n) is 12.9. The van der Waals surface area contributed by atoms with E-state index in [1.165, 1.54) is 19.2 Å². The van der Waals surface area contributed by atoms with Crippen LogP contribution < -0.4 is 4.74 Å². The van der Waals surface area contributed by atoms with Crippen LogP contribution in [-0.2, 0) is 0 Å². The molecule has 1 aromatic heterocycles. The second-order valence-corrected chi connectivity index (χ2v) is 8.28. The van der Waals surface area contributed by atoms with E-state index >= 15 is 0 Å². The van der Waals surface area contributed by atoms with Gasteiger partial charge in [0, 0.05) is 55.6 Å². The van der Waals surface area contributed by atoms with E-state index in [9.17, 15) is 8.78 Å². The maximum atomic E-state index is 14.7. The van der Waals surface area contributed by atoms with E-state index in [2.05, 4.69) is 0 Å². The average Bonchev–Trinajstić information content (AvgIpc) is 2.87. The molecule has 6 heteroatoms. The molecule has 0 aliphatic rings. The summed E-state index contributed by atoms with van der Waals surface area (Å²) < 4.78 is 36.1. The highest BCUT2D eigenvalue weighted by atomic mass is 35.5. The summed E-state index contributed by atoms with van der Waals surface area (Å²) >= 11 is 12.3. The predicted molar refractivity (Wildman–Crippen MR) is 102 cm³/mol. The Bertz CT molecular complexity index is 1060. The molecule has 4 rings (SSSR count). The number of hydrogen-bond donors (Lipinski definition) is 0. The Morgan fingerprint density at radius 2 is 1.28 bits per heavy atom.